The summed E-state index contributed by atoms with van der Waals surface area (Å²) in [7, 11) is 3.41. The lowest BCUT2D eigenvalue weighted by Gasteiger charge is -2.09. The van der Waals surface area contributed by atoms with Crippen LogP contribution in [0.5, 0.6) is 0 Å². The van der Waals surface area contributed by atoms with Crippen molar-refractivity contribution in [2.75, 3.05) is 10.6 Å². The smallest absolute Gasteiger partial charge is 0.326 e. The molecule has 2 amide bonds. The molecule has 2 N–H and O–H groups in total. The summed E-state index contributed by atoms with van der Waals surface area (Å²) < 4.78 is 3.10. The standard InChI is InChI=1S/C21H22N4O3/c1-12-9-16(12)20(27)23-14-6-4-5-13(10-14)19(26)22-15-7-8-17-18(11-15)25(3)21(28)24(17)2/h4-8,10-12,16H,9H2,1-3H3,(H,22,26)(H,23,27)/t12-,16+/m1/s1. The third kappa shape index (κ3) is 3.19. The average molecular weight is 378 g/mol. The number of hydrogen-bond donors (Lipinski definition) is 2. The number of fused-ring (bicyclic) bond motifs is 1. The molecule has 0 saturated heterocycles. The van der Waals surface area contributed by atoms with Gasteiger partial charge in [0.1, 0.15) is 0 Å². The van der Waals surface area contributed by atoms with Crippen LogP contribution in [0.1, 0.15) is 23.7 Å². The van der Waals surface area contributed by atoms with Crippen LogP contribution in [0.25, 0.3) is 11.0 Å². The Kier molecular flexibility index (Phi) is 4.30. The molecule has 1 aliphatic rings. The highest BCUT2D eigenvalue weighted by molar-refractivity contribution is 6.06. The van der Waals surface area contributed by atoms with Crippen molar-refractivity contribution in [1.29, 1.82) is 0 Å². The fraction of sp³-hybridized carbons (Fsp3) is 0.286. The van der Waals surface area contributed by atoms with Gasteiger partial charge in [0.05, 0.1) is 11.0 Å². The van der Waals surface area contributed by atoms with Gasteiger partial charge in [-0.1, -0.05) is 13.0 Å². The minimum atomic E-state index is -0.281. The zero-order chi connectivity index (χ0) is 20.0. The molecule has 1 fully saturated rings. The molecule has 7 heteroatoms. The Morgan fingerprint density at radius 2 is 1.64 bits per heavy atom. The summed E-state index contributed by atoms with van der Waals surface area (Å²) in [6.07, 6.45) is 0.913. The second-order valence-corrected chi connectivity index (χ2v) is 7.45. The summed E-state index contributed by atoms with van der Waals surface area (Å²) in [6.45, 7) is 2.05. The molecule has 0 radical (unpaired) electrons. The molecule has 2 atom stereocenters. The molecular formula is C21H22N4O3. The number of nitrogens with zero attached hydrogens (tertiary/aromatic N) is 2. The molecule has 0 spiro atoms. The number of carbonyl (C=O) groups is 2. The van der Waals surface area contributed by atoms with Gasteiger partial charge in [0.2, 0.25) is 5.91 Å². The van der Waals surface area contributed by atoms with Crippen LogP contribution in [0.3, 0.4) is 0 Å². The number of rotatable bonds is 4. The van der Waals surface area contributed by atoms with Gasteiger partial charge < -0.3 is 10.6 Å². The molecule has 3 aromatic rings. The second-order valence-electron chi connectivity index (χ2n) is 7.45. The molecule has 7 nitrogen and oxygen atoms in total. The highest BCUT2D eigenvalue weighted by Gasteiger charge is 2.39. The van der Waals surface area contributed by atoms with Crippen molar-refractivity contribution in [3.63, 3.8) is 0 Å². The van der Waals surface area contributed by atoms with Gasteiger partial charge in [-0.05, 0) is 48.7 Å². The van der Waals surface area contributed by atoms with E-state index in [-0.39, 0.29) is 23.4 Å². The molecule has 1 aromatic heterocycles. The van der Waals surface area contributed by atoms with Gasteiger partial charge in [-0.2, -0.15) is 0 Å². The first kappa shape index (κ1) is 18.0. The van der Waals surface area contributed by atoms with Crippen molar-refractivity contribution in [2.45, 2.75) is 13.3 Å². The van der Waals surface area contributed by atoms with Gasteiger partial charge in [-0.25, -0.2) is 4.79 Å². The quantitative estimate of drug-likeness (QED) is 0.732. The number of anilines is 2. The molecule has 1 aliphatic carbocycles. The van der Waals surface area contributed by atoms with E-state index in [2.05, 4.69) is 10.6 Å². The van der Waals surface area contributed by atoms with Crippen LogP contribution in [0.4, 0.5) is 11.4 Å². The SMILES string of the molecule is C[C@@H]1C[C@@H]1C(=O)Nc1cccc(C(=O)Nc2ccc3c(c2)n(C)c(=O)n3C)c1. The monoisotopic (exact) mass is 378 g/mol. The lowest BCUT2D eigenvalue weighted by molar-refractivity contribution is -0.117. The van der Waals surface area contributed by atoms with Crippen LogP contribution in [-0.4, -0.2) is 20.9 Å². The van der Waals surface area contributed by atoms with E-state index in [4.69, 9.17) is 0 Å². The minimum Gasteiger partial charge on any atom is -0.326 e. The molecular weight excluding hydrogens is 356 g/mol. The third-order valence-corrected chi connectivity index (χ3v) is 5.37. The summed E-state index contributed by atoms with van der Waals surface area (Å²) in [5.41, 5.74) is 3.07. The van der Waals surface area contributed by atoms with Crippen LogP contribution in [0.15, 0.2) is 47.3 Å². The average Bonchev–Trinajstić information content (AvgIpc) is 3.38. The van der Waals surface area contributed by atoms with E-state index in [1.165, 1.54) is 0 Å². The zero-order valence-electron chi connectivity index (χ0n) is 16.0. The highest BCUT2D eigenvalue weighted by atomic mass is 16.2. The van der Waals surface area contributed by atoms with Crippen LogP contribution >= 0.6 is 0 Å². The lowest BCUT2D eigenvalue weighted by Crippen LogP contribution is -2.19. The first-order valence-corrected chi connectivity index (χ1v) is 9.23. The Bertz CT molecular complexity index is 1160. The molecule has 28 heavy (non-hydrogen) atoms. The lowest BCUT2D eigenvalue weighted by atomic mass is 10.1. The number of imidazole rings is 1. The van der Waals surface area contributed by atoms with Gasteiger partial charge in [-0.3, -0.25) is 18.7 Å². The largest absolute Gasteiger partial charge is 0.328 e. The fourth-order valence-electron chi connectivity index (χ4n) is 3.45. The number of aryl methyl sites for hydroxylation is 2. The molecule has 2 aromatic carbocycles. The van der Waals surface area contributed by atoms with Crippen LogP contribution in [0.2, 0.25) is 0 Å². The number of aromatic nitrogens is 2. The van der Waals surface area contributed by atoms with Gasteiger partial charge in [0, 0.05) is 37.0 Å². The Hall–Kier alpha value is -3.35. The van der Waals surface area contributed by atoms with Crippen molar-refractivity contribution in [1.82, 2.24) is 9.13 Å². The topological polar surface area (TPSA) is 85.1 Å². The summed E-state index contributed by atoms with van der Waals surface area (Å²) in [5.74, 6) is 0.216. The molecule has 1 saturated carbocycles. The number of benzene rings is 2. The zero-order valence-corrected chi connectivity index (χ0v) is 16.0. The van der Waals surface area contributed by atoms with Crippen molar-refractivity contribution in [3.05, 3.63) is 58.5 Å². The van der Waals surface area contributed by atoms with Crippen LogP contribution in [0, 0.1) is 11.8 Å². The van der Waals surface area contributed by atoms with E-state index in [0.29, 0.717) is 22.9 Å². The summed E-state index contributed by atoms with van der Waals surface area (Å²) in [5, 5.41) is 5.73. The molecule has 0 bridgehead atoms. The first-order chi connectivity index (χ1) is 13.3. The normalized spacial score (nSPS) is 18.1. The Morgan fingerprint density at radius 1 is 0.964 bits per heavy atom. The van der Waals surface area contributed by atoms with E-state index >= 15 is 0 Å². The predicted octanol–water partition coefficient (Wildman–Crippen LogP) is 2.72. The minimum absolute atomic E-state index is 0.000467. The third-order valence-electron chi connectivity index (χ3n) is 5.37. The van der Waals surface area contributed by atoms with E-state index < -0.39 is 0 Å². The maximum absolute atomic E-state index is 12.6. The maximum Gasteiger partial charge on any atom is 0.328 e. The van der Waals surface area contributed by atoms with Gasteiger partial charge in [0.25, 0.3) is 5.91 Å². The molecule has 1 heterocycles. The van der Waals surface area contributed by atoms with E-state index in [0.717, 1.165) is 17.5 Å². The molecule has 144 valence electrons. The predicted molar refractivity (Wildman–Crippen MR) is 108 cm³/mol. The van der Waals surface area contributed by atoms with Crippen molar-refractivity contribution < 1.29 is 9.59 Å². The van der Waals surface area contributed by atoms with Gasteiger partial charge in [0.15, 0.2) is 0 Å². The van der Waals surface area contributed by atoms with E-state index in [1.54, 1.807) is 65.7 Å². The summed E-state index contributed by atoms with van der Waals surface area (Å²) >= 11 is 0. The molecule has 4 rings (SSSR count). The Labute approximate surface area is 162 Å². The van der Waals surface area contributed by atoms with E-state index in [1.807, 2.05) is 6.92 Å². The van der Waals surface area contributed by atoms with Crippen LogP contribution in [-0.2, 0) is 18.9 Å². The number of nitrogens with one attached hydrogen (secondary N) is 2. The van der Waals surface area contributed by atoms with Crippen LogP contribution < -0.4 is 16.3 Å². The maximum atomic E-state index is 12.6. The Morgan fingerprint density at radius 3 is 2.36 bits per heavy atom. The number of hydrogen-bond acceptors (Lipinski definition) is 3. The van der Waals surface area contributed by atoms with Gasteiger partial charge in [-0.15, -0.1) is 0 Å². The fourth-order valence-corrected chi connectivity index (χ4v) is 3.45. The molecule has 0 aliphatic heterocycles. The van der Waals surface area contributed by atoms with Gasteiger partial charge >= 0.3 is 5.69 Å². The number of amides is 2. The van der Waals surface area contributed by atoms with E-state index in [9.17, 15) is 14.4 Å². The molecule has 0 unspecified atom stereocenters. The first-order valence-electron chi connectivity index (χ1n) is 9.23. The summed E-state index contributed by atoms with van der Waals surface area (Å²) in [6, 6.07) is 12.2. The summed E-state index contributed by atoms with van der Waals surface area (Å²) in [4.78, 5) is 36.8. The van der Waals surface area contributed by atoms with Crippen molar-refractivity contribution in [3.8, 4) is 0 Å². The Balaban J connectivity index is 1.53. The van der Waals surface area contributed by atoms with Crippen molar-refractivity contribution >= 4 is 34.2 Å². The second kappa shape index (κ2) is 6.67. The van der Waals surface area contributed by atoms with Crippen molar-refractivity contribution in [2.24, 2.45) is 25.9 Å². The highest BCUT2D eigenvalue weighted by Crippen LogP contribution is 2.38. The number of carbonyl (C=O) groups excluding carboxylic acids is 2.